The topological polar surface area (TPSA) is 0 Å². The molecule has 0 unspecified atom stereocenters. The van der Waals surface area contributed by atoms with E-state index in [9.17, 15) is 0 Å². The third-order valence-electron chi connectivity index (χ3n) is 3.07. The summed E-state index contributed by atoms with van der Waals surface area (Å²) in [6.45, 7) is 8.00. The van der Waals surface area contributed by atoms with Crippen LogP contribution in [0.1, 0.15) is 67.8 Å². The first kappa shape index (κ1) is 15.2. The highest BCUT2D eigenvalue weighted by atomic mass is 32.1. The standard InChI is InChI=1S/C13H14S.2C2H6/c1-2-6-10-11-7-4-5-9-13(11)14-12(10)8-3-1;2*1-2/h2-3,6,8H,1,4-5,7,9H2;2*1-2H3. The number of allylic oxidation sites excluding steroid dienone is 2. The molecule has 3 rings (SSSR count). The molecule has 0 nitrogen and oxygen atoms in total. The highest BCUT2D eigenvalue weighted by Gasteiger charge is 2.18. The molecule has 1 aromatic heterocycles. The number of thiophene rings is 1. The van der Waals surface area contributed by atoms with Crippen LogP contribution in [0.25, 0.3) is 12.2 Å². The van der Waals surface area contributed by atoms with Gasteiger partial charge in [0.05, 0.1) is 0 Å². The largest absolute Gasteiger partial charge is 0.140 e. The lowest BCUT2D eigenvalue weighted by atomic mass is 9.95. The monoisotopic (exact) mass is 262 g/mol. The smallest absolute Gasteiger partial charge is 0.0345 e. The van der Waals surface area contributed by atoms with Gasteiger partial charge in [0.15, 0.2) is 0 Å². The molecule has 18 heavy (non-hydrogen) atoms. The van der Waals surface area contributed by atoms with E-state index in [1.54, 1.807) is 10.4 Å². The Hall–Kier alpha value is -0.820. The lowest BCUT2D eigenvalue weighted by Gasteiger charge is -2.10. The van der Waals surface area contributed by atoms with Crippen molar-refractivity contribution in [2.75, 3.05) is 0 Å². The van der Waals surface area contributed by atoms with Crippen LogP contribution < -0.4 is 0 Å². The molecule has 0 amide bonds. The van der Waals surface area contributed by atoms with Crippen LogP contribution in [-0.2, 0) is 12.8 Å². The van der Waals surface area contributed by atoms with E-state index in [4.69, 9.17) is 0 Å². The van der Waals surface area contributed by atoms with Crippen molar-refractivity contribution in [2.24, 2.45) is 0 Å². The van der Waals surface area contributed by atoms with Crippen molar-refractivity contribution >= 4 is 23.5 Å². The zero-order valence-electron chi connectivity index (χ0n) is 12.3. The fourth-order valence-electron chi connectivity index (χ4n) is 2.36. The van der Waals surface area contributed by atoms with Crippen LogP contribution in [0.3, 0.4) is 0 Å². The Bertz CT molecular complexity index is 407. The summed E-state index contributed by atoms with van der Waals surface area (Å²) in [4.78, 5) is 3.14. The minimum absolute atomic E-state index is 1.09. The second-order valence-corrected chi connectivity index (χ2v) is 5.17. The predicted molar refractivity (Wildman–Crippen MR) is 86.3 cm³/mol. The summed E-state index contributed by atoms with van der Waals surface area (Å²) in [7, 11) is 0. The van der Waals surface area contributed by atoms with E-state index in [1.807, 2.05) is 39.0 Å². The van der Waals surface area contributed by atoms with E-state index >= 15 is 0 Å². The average Bonchev–Trinajstić information content (AvgIpc) is 2.65. The Morgan fingerprint density at radius 3 is 2.33 bits per heavy atom. The summed E-state index contributed by atoms with van der Waals surface area (Å²) in [6.07, 6.45) is 15.7. The van der Waals surface area contributed by atoms with Gasteiger partial charge in [0.25, 0.3) is 0 Å². The number of hydrogen-bond donors (Lipinski definition) is 0. The molecule has 100 valence electrons. The molecule has 0 aromatic carbocycles. The minimum atomic E-state index is 1.09. The van der Waals surface area contributed by atoms with Gasteiger partial charge in [-0.15, -0.1) is 11.3 Å². The van der Waals surface area contributed by atoms with E-state index in [2.05, 4.69) is 24.3 Å². The van der Waals surface area contributed by atoms with Crippen molar-refractivity contribution in [3.8, 4) is 0 Å². The van der Waals surface area contributed by atoms with E-state index in [-0.39, 0.29) is 0 Å². The number of rotatable bonds is 0. The van der Waals surface area contributed by atoms with Gasteiger partial charge in [-0.1, -0.05) is 45.9 Å². The van der Waals surface area contributed by atoms with Gasteiger partial charge >= 0.3 is 0 Å². The van der Waals surface area contributed by atoms with Gasteiger partial charge in [0.1, 0.15) is 0 Å². The summed E-state index contributed by atoms with van der Waals surface area (Å²) in [5.41, 5.74) is 3.18. The van der Waals surface area contributed by atoms with Gasteiger partial charge in [0, 0.05) is 9.75 Å². The van der Waals surface area contributed by atoms with Gasteiger partial charge in [-0.3, -0.25) is 0 Å². The Balaban J connectivity index is 0.000000371. The zero-order valence-corrected chi connectivity index (χ0v) is 13.1. The van der Waals surface area contributed by atoms with Crippen molar-refractivity contribution in [3.63, 3.8) is 0 Å². The predicted octanol–water partition coefficient (Wildman–Crippen LogP) is 6.11. The molecular formula is C17H26S. The lowest BCUT2D eigenvalue weighted by Crippen LogP contribution is -1.99. The fourth-order valence-corrected chi connectivity index (χ4v) is 3.67. The summed E-state index contributed by atoms with van der Waals surface area (Å²) in [5.74, 6) is 0. The van der Waals surface area contributed by atoms with E-state index in [1.165, 1.54) is 36.1 Å². The molecule has 1 heteroatoms. The second kappa shape index (κ2) is 8.31. The van der Waals surface area contributed by atoms with Gasteiger partial charge in [-0.05, 0) is 49.3 Å². The molecule has 0 aliphatic heterocycles. The van der Waals surface area contributed by atoms with Crippen LogP contribution in [0.5, 0.6) is 0 Å². The maximum Gasteiger partial charge on any atom is 0.0345 e. The third-order valence-corrected chi connectivity index (χ3v) is 4.34. The molecule has 0 N–H and O–H groups in total. The highest BCUT2D eigenvalue weighted by molar-refractivity contribution is 7.13. The Labute approximate surface area is 116 Å². The SMILES string of the molecule is C1=Cc2sc3c(c2C=CC1)CCCC3.CC.CC. The zero-order chi connectivity index (χ0) is 13.4. The van der Waals surface area contributed by atoms with Crippen molar-refractivity contribution in [2.45, 2.75) is 59.8 Å². The van der Waals surface area contributed by atoms with Crippen molar-refractivity contribution in [1.29, 1.82) is 0 Å². The van der Waals surface area contributed by atoms with Crippen LogP contribution in [-0.4, -0.2) is 0 Å². The first-order valence-electron chi connectivity index (χ1n) is 7.43. The third kappa shape index (κ3) is 3.35. The van der Waals surface area contributed by atoms with Crippen LogP contribution in [0.15, 0.2) is 12.2 Å². The van der Waals surface area contributed by atoms with Gasteiger partial charge in [0.2, 0.25) is 0 Å². The van der Waals surface area contributed by atoms with E-state index in [0.717, 1.165) is 6.42 Å². The molecule has 0 saturated carbocycles. The summed E-state index contributed by atoms with van der Waals surface area (Å²) in [6, 6.07) is 0. The second-order valence-electron chi connectivity index (χ2n) is 4.03. The minimum Gasteiger partial charge on any atom is -0.140 e. The van der Waals surface area contributed by atoms with Crippen LogP contribution in [0.4, 0.5) is 0 Å². The van der Waals surface area contributed by atoms with Gasteiger partial charge in [-0.25, -0.2) is 0 Å². The first-order chi connectivity index (χ1) is 8.95. The maximum atomic E-state index is 2.33. The van der Waals surface area contributed by atoms with Crippen LogP contribution in [0.2, 0.25) is 0 Å². The molecule has 0 fully saturated rings. The Morgan fingerprint density at radius 1 is 0.889 bits per heavy atom. The average molecular weight is 262 g/mol. The van der Waals surface area contributed by atoms with Crippen LogP contribution in [0, 0.1) is 0 Å². The Kier molecular flexibility index (Phi) is 7.04. The number of aryl methyl sites for hydroxylation is 1. The number of hydrogen-bond acceptors (Lipinski definition) is 1. The highest BCUT2D eigenvalue weighted by Crippen LogP contribution is 2.36. The normalized spacial score (nSPS) is 15.3. The molecule has 1 heterocycles. The number of fused-ring (bicyclic) bond motifs is 3. The molecule has 1 aromatic rings. The first-order valence-corrected chi connectivity index (χ1v) is 8.24. The molecule has 0 spiro atoms. The molecule has 2 aliphatic carbocycles. The molecule has 0 saturated heterocycles. The Morgan fingerprint density at radius 2 is 1.56 bits per heavy atom. The van der Waals surface area contributed by atoms with Crippen molar-refractivity contribution in [3.05, 3.63) is 33.0 Å². The van der Waals surface area contributed by atoms with Gasteiger partial charge in [-0.2, -0.15) is 0 Å². The maximum absolute atomic E-state index is 2.33. The molecule has 2 aliphatic rings. The summed E-state index contributed by atoms with van der Waals surface area (Å²) in [5, 5.41) is 0. The van der Waals surface area contributed by atoms with Gasteiger partial charge < -0.3 is 0 Å². The molecular weight excluding hydrogens is 236 g/mol. The van der Waals surface area contributed by atoms with E-state index < -0.39 is 0 Å². The lowest BCUT2D eigenvalue weighted by molar-refractivity contribution is 0.696. The quantitative estimate of drug-likeness (QED) is 0.529. The summed E-state index contributed by atoms with van der Waals surface area (Å²) < 4.78 is 0. The summed E-state index contributed by atoms with van der Waals surface area (Å²) >= 11 is 2.01. The van der Waals surface area contributed by atoms with Crippen molar-refractivity contribution < 1.29 is 0 Å². The van der Waals surface area contributed by atoms with E-state index in [0.29, 0.717) is 0 Å². The fraction of sp³-hybridized carbons (Fsp3) is 0.529. The molecule has 0 atom stereocenters. The molecule has 0 bridgehead atoms. The molecule has 0 radical (unpaired) electrons. The van der Waals surface area contributed by atoms with Crippen molar-refractivity contribution in [1.82, 2.24) is 0 Å². The van der Waals surface area contributed by atoms with Crippen LogP contribution >= 0.6 is 11.3 Å².